The van der Waals surface area contributed by atoms with Gasteiger partial charge in [0.15, 0.2) is 0 Å². The molecule has 0 atom stereocenters. The van der Waals surface area contributed by atoms with E-state index < -0.39 is 27.4 Å². The van der Waals surface area contributed by atoms with E-state index in [9.17, 15) is 26.4 Å². The van der Waals surface area contributed by atoms with Crippen molar-refractivity contribution in [2.45, 2.75) is 58.9 Å². The van der Waals surface area contributed by atoms with Gasteiger partial charge in [-0.15, -0.1) is 0 Å². The average molecular weight is 398 g/mol. The van der Waals surface area contributed by atoms with Crippen LogP contribution in [0.15, 0.2) is 35.1 Å². The maximum absolute atomic E-state index is 12.5. The third-order valence-corrected chi connectivity index (χ3v) is 4.04. The summed E-state index contributed by atoms with van der Waals surface area (Å²) in [5.74, 6) is -1.58. The van der Waals surface area contributed by atoms with Crippen molar-refractivity contribution in [3.05, 3.63) is 35.1 Å². The minimum Gasteiger partial charge on any atom is -0.463 e. The van der Waals surface area contributed by atoms with E-state index in [4.69, 9.17) is 0 Å². The molecule has 0 N–H and O–H groups in total. The van der Waals surface area contributed by atoms with Gasteiger partial charge < -0.3 is 8.92 Å². The van der Waals surface area contributed by atoms with Crippen LogP contribution in [0.25, 0.3) is 0 Å². The van der Waals surface area contributed by atoms with E-state index in [1.165, 1.54) is 12.5 Å². The zero-order chi connectivity index (χ0) is 20.4. The van der Waals surface area contributed by atoms with Gasteiger partial charge in [0.1, 0.15) is 5.76 Å². The van der Waals surface area contributed by atoms with Crippen LogP contribution in [0.4, 0.5) is 13.2 Å². The summed E-state index contributed by atoms with van der Waals surface area (Å²) in [5.41, 5.74) is -3.39. The molecule has 0 radical (unpaired) electrons. The summed E-state index contributed by atoms with van der Waals surface area (Å²) in [6.45, 7) is 7.32. The molecule has 0 unspecified atom stereocenters. The summed E-state index contributed by atoms with van der Waals surface area (Å²) in [6, 6.07) is 0. The van der Waals surface area contributed by atoms with Crippen LogP contribution >= 0.6 is 0 Å². The molecule has 0 aromatic rings. The molecule has 150 valence electrons. The molecule has 0 aromatic carbocycles. The highest BCUT2D eigenvalue weighted by Gasteiger charge is 2.48. The van der Waals surface area contributed by atoms with Gasteiger partial charge in [-0.3, -0.25) is 0 Å². The van der Waals surface area contributed by atoms with Gasteiger partial charge in [-0.2, -0.15) is 21.6 Å². The van der Waals surface area contributed by atoms with Crippen LogP contribution in [0.3, 0.4) is 0 Å². The van der Waals surface area contributed by atoms with Crippen LogP contribution in [0.5, 0.6) is 0 Å². The van der Waals surface area contributed by atoms with Crippen LogP contribution in [-0.2, 0) is 23.8 Å². The molecule has 26 heavy (non-hydrogen) atoms. The highest BCUT2D eigenvalue weighted by atomic mass is 32.2. The Labute approximate surface area is 152 Å². The van der Waals surface area contributed by atoms with Gasteiger partial charge in [0.25, 0.3) is 0 Å². The molecule has 0 bridgehead atoms. The summed E-state index contributed by atoms with van der Waals surface area (Å²) < 4.78 is 68.3. The molecule has 0 saturated carbocycles. The predicted molar refractivity (Wildman–Crippen MR) is 92.4 cm³/mol. The van der Waals surface area contributed by atoms with Gasteiger partial charge in [0.05, 0.1) is 12.7 Å². The molecular weight excluding hydrogens is 373 g/mol. The quantitative estimate of drug-likeness (QED) is 0.132. The van der Waals surface area contributed by atoms with Crippen LogP contribution in [0.1, 0.15) is 53.4 Å². The van der Waals surface area contributed by atoms with Crippen LogP contribution in [0.2, 0.25) is 0 Å². The number of hydrogen-bond acceptors (Lipinski definition) is 5. The standard InChI is InChI=1S/C17H25F3O5S/c1-5-24-16(21)12-15(25-26(22,23)17(18,19)20)11-7-10-14(4)9-6-8-13(2)3/h8,10,12H,5-7,9,11H2,1-4H3/b14-10+,15-12-. The van der Waals surface area contributed by atoms with Crippen molar-refractivity contribution in [1.29, 1.82) is 0 Å². The third-order valence-electron chi connectivity index (χ3n) is 3.04. The smallest absolute Gasteiger partial charge is 0.463 e. The molecule has 9 heteroatoms. The molecule has 0 heterocycles. The SMILES string of the molecule is CCOC(=O)/C=C(/CC/C=C(\C)CCC=C(C)C)OS(=O)(=O)C(F)(F)F. The maximum Gasteiger partial charge on any atom is 0.534 e. The van der Waals surface area contributed by atoms with Gasteiger partial charge in [0.2, 0.25) is 0 Å². The van der Waals surface area contributed by atoms with Gasteiger partial charge in [-0.05, 0) is 47.0 Å². The Bertz CT molecular complexity index is 654. The predicted octanol–water partition coefficient (Wildman–Crippen LogP) is 4.77. The van der Waals surface area contributed by atoms with E-state index in [2.05, 4.69) is 15.0 Å². The van der Waals surface area contributed by atoms with Gasteiger partial charge in [-0.25, -0.2) is 4.79 Å². The lowest BCUT2D eigenvalue weighted by molar-refractivity contribution is -0.137. The zero-order valence-corrected chi connectivity index (χ0v) is 16.2. The molecule has 0 fully saturated rings. The molecule has 0 aliphatic heterocycles. The fraction of sp³-hybridized carbons (Fsp3) is 0.588. The van der Waals surface area contributed by atoms with Crippen molar-refractivity contribution in [2.75, 3.05) is 6.61 Å². The average Bonchev–Trinajstić information content (AvgIpc) is 2.45. The highest BCUT2D eigenvalue weighted by molar-refractivity contribution is 7.87. The van der Waals surface area contributed by atoms with Crippen molar-refractivity contribution in [3.63, 3.8) is 0 Å². The first-order chi connectivity index (χ1) is 11.9. The summed E-state index contributed by atoms with van der Waals surface area (Å²) in [5, 5.41) is 0. The Morgan fingerprint density at radius 2 is 1.62 bits per heavy atom. The van der Waals surface area contributed by atoms with E-state index in [0.717, 1.165) is 18.4 Å². The topological polar surface area (TPSA) is 69.7 Å². The van der Waals surface area contributed by atoms with Crippen LogP contribution in [0, 0.1) is 0 Å². The number of rotatable bonds is 10. The first kappa shape index (κ1) is 24.2. The highest BCUT2D eigenvalue weighted by Crippen LogP contribution is 2.28. The molecule has 0 amide bonds. The lowest BCUT2D eigenvalue weighted by atomic mass is 10.1. The zero-order valence-electron chi connectivity index (χ0n) is 15.4. The lowest BCUT2D eigenvalue weighted by Crippen LogP contribution is -2.25. The molecule has 5 nitrogen and oxygen atoms in total. The number of halogens is 3. The summed E-state index contributed by atoms with van der Waals surface area (Å²) in [7, 11) is -5.84. The third kappa shape index (κ3) is 10.3. The maximum atomic E-state index is 12.5. The molecule has 0 aromatic heterocycles. The Morgan fingerprint density at radius 3 is 2.12 bits per heavy atom. The van der Waals surface area contributed by atoms with Crippen LogP contribution < -0.4 is 0 Å². The van der Waals surface area contributed by atoms with Gasteiger partial charge in [0, 0.05) is 6.42 Å². The number of esters is 1. The fourth-order valence-electron chi connectivity index (χ4n) is 1.79. The number of ether oxygens (including phenoxy) is 1. The molecule has 0 aliphatic carbocycles. The lowest BCUT2D eigenvalue weighted by Gasteiger charge is -2.12. The minimum absolute atomic E-state index is 0.00198. The second-order valence-electron chi connectivity index (χ2n) is 5.76. The van der Waals surface area contributed by atoms with E-state index in [1.807, 2.05) is 20.8 Å². The van der Waals surface area contributed by atoms with Crippen molar-refractivity contribution in [3.8, 4) is 0 Å². The number of allylic oxidation sites excluding steroid dienone is 5. The largest absolute Gasteiger partial charge is 0.534 e. The van der Waals surface area contributed by atoms with E-state index >= 15 is 0 Å². The van der Waals surface area contributed by atoms with Crippen molar-refractivity contribution >= 4 is 16.1 Å². The van der Waals surface area contributed by atoms with Gasteiger partial charge in [-0.1, -0.05) is 23.3 Å². The summed E-state index contributed by atoms with van der Waals surface area (Å²) in [6.07, 6.45) is 6.08. The Balaban J connectivity index is 5.04. The van der Waals surface area contributed by atoms with Crippen molar-refractivity contribution in [1.82, 2.24) is 0 Å². The normalized spacial score (nSPS) is 13.3. The van der Waals surface area contributed by atoms with Crippen LogP contribution in [-0.4, -0.2) is 26.5 Å². The van der Waals surface area contributed by atoms with E-state index in [0.29, 0.717) is 6.08 Å². The second kappa shape index (κ2) is 11.1. The minimum atomic E-state index is -5.84. The van der Waals surface area contributed by atoms with Gasteiger partial charge >= 0.3 is 21.6 Å². The van der Waals surface area contributed by atoms with Crippen molar-refractivity contribution < 1.29 is 35.3 Å². The Kier molecular flexibility index (Phi) is 10.3. The Hall–Kier alpha value is -1.77. The monoisotopic (exact) mass is 398 g/mol. The van der Waals surface area contributed by atoms with E-state index in [-0.39, 0.29) is 19.4 Å². The number of carbonyl (C=O) groups excluding carboxylic acids is 1. The first-order valence-corrected chi connectivity index (χ1v) is 9.47. The number of alkyl halides is 3. The molecule has 0 spiro atoms. The van der Waals surface area contributed by atoms with E-state index in [1.54, 1.807) is 6.08 Å². The Morgan fingerprint density at radius 1 is 1.04 bits per heavy atom. The molecule has 0 saturated heterocycles. The number of carbonyl (C=O) groups is 1. The summed E-state index contributed by atoms with van der Waals surface area (Å²) in [4.78, 5) is 11.4. The second-order valence-corrected chi connectivity index (χ2v) is 7.29. The number of hydrogen-bond donors (Lipinski definition) is 0. The fourth-order valence-corrected chi connectivity index (χ4v) is 2.30. The molecule has 0 aliphatic rings. The molecule has 0 rings (SSSR count). The first-order valence-electron chi connectivity index (χ1n) is 8.06. The molecular formula is C17H25F3O5S. The summed E-state index contributed by atoms with van der Waals surface area (Å²) >= 11 is 0. The van der Waals surface area contributed by atoms with Crippen molar-refractivity contribution in [2.24, 2.45) is 0 Å².